The van der Waals surface area contributed by atoms with Gasteiger partial charge in [-0.05, 0) is 24.6 Å². The molecule has 188 valence electrons. The van der Waals surface area contributed by atoms with Gasteiger partial charge in [0.25, 0.3) is 0 Å². The molecule has 0 aliphatic carbocycles. The Morgan fingerprint density at radius 2 is 2.00 bits per heavy atom. The van der Waals surface area contributed by atoms with Crippen LogP contribution >= 0.6 is 22.9 Å². The lowest BCUT2D eigenvalue weighted by molar-refractivity contribution is -0.385. The van der Waals surface area contributed by atoms with Crippen LogP contribution in [0, 0.1) is 21.4 Å². The van der Waals surface area contributed by atoms with Gasteiger partial charge in [-0.2, -0.15) is 5.26 Å². The summed E-state index contributed by atoms with van der Waals surface area (Å²) in [6, 6.07) is 20.5. The Labute approximate surface area is 227 Å². The van der Waals surface area contributed by atoms with Crippen LogP contribution in [0.25, 0.3) is 22.2 Å². The molecule has 0 amide bonds. The lowest BCUT2D eigenvalue weighted by Gasteiger charge is -2.14. The summed E-state index contributed by atoms with van der Waals surface area (Å²) >= 11 is 8.21. The van der Waals surface area contributed by atoms with Gasteiger partial charge in [0.15, 0.2) is 5.75 Å². The van der Waals surface area contributed by atoms with Crippen molar-refractivity contribution in [2.24, 2.45) is 0 Å². The van der Waals surface area contributed by atoms with Crippen molar-refractivity contribution in [2.45, 2.75) is 13.3 Å². The number of anilines is 2. The summed E-state index contributed by atoms with van der Waals surface area (Å²) in [4.78, 5) is 20.2. The molecule has 3 aromatic carbocycles. The van der Waals surface area contributed by atoms with Crippen LogP contribution in [0.4, 0.5) is 17.1 Å². The average molecular weight is 542 g/mol. The lowest BCUT2D eigenvalue weighted by atomic mass is 10.1. The highest BCUT2D eigenvalue weighted by atomic mass is 35.5. The van der Waals surface area contributed by atoms with Crippen molar-refractivity contribution < 1.29 is 9.66 Å². The number of nitrogens with one attached hydrogen (secondary N) is 1. The molecule has 5 aromatic rings. The molecule has 38 heavy (non-hydrogen) atoms. The molecule has 0 spiro atoms. The van der Waals surface area contributed by atoms with Gasteiger partial charge in [-0.1, -0.05) is 48.0 Å². The van der Waals surface area contributed by atoms with E-state index < -0.39 is 4.92 Å². The summed E-state index contributed by atoms with van der Waals surface area (Å²) in [5.74, 6) is 0.123. The zero-order valence-corrected chi connectivity index (χ0v) is 21.7. The zero-order chi connectivity index (χ0) is 26.6. The molecule has 0 atom stereocenters. The second kappa shape index (κ2) is 10.8. The van der Waals surface area contributed by atoms with E-state index in [0.717, 1.165) is 21.8 Å². The van der Waals surface area contributed by atoms with Crippen LogP contribution in [0.5, 0.6) is 5.75 Å². The monoisotopic (exact) mass is 541 g/mol. The number of nitro benzene ring substituents is 1. The first kappa shape index (κ1) is 25.1. The number of thiazole rings is 1. The van der Waals surface area contributed by atoms with Gasteiger partial charge in [0.1, 0.15) is 6.07 Å². The van der Waals surface area contributed by atoms with Crippen LogP contribution in [-0.2, 0) is 6.42 Å². The minimum Gasteiger partial charge on any atom is -0.487 e. The highest BCUT2D eigenvalue weighted by Crippen LogP contribution is 2.37. The molecular weight excluding hydrogens is 522 g/mol. The van der Waals surface area contributed by atoms with Gasteiger partial charge in [0.05, 0.1) is 39.0 Å². The van der Waals surface area contributed by atoms with Crippen LogP contribution in [-0.4, -0.2) is 21.5 Å². The number of hydrogen-bond acceptors (Lipinski definition) is 8. The van der Waals surface area contributed by atoms with E-state index in [2.05, 4.69) is 16.4 Å². The maximum Gasteiger partial charge on any atom is 0.311 e. The number of nitriles is 1. The van der Waals surface area contributed by atoms with E-state index in [1.165, 1.54) is 18.3 Å². The summed E-state index contributed by atoms with van der Waals surface area (Å²) in [6.07, 6.45) is 2.00. The van der Waals surface area contributed by atoms with E-state index in [1.807, 2.05) is 47.8 Å². The maximum atomic E-state index is 11.7. The lowest BCUT2D eigenvalue weighted by Crippen LogP contribution is -2.01. The summed E-state index contributed by atoms with van der Waals surface area (Å²) in [6.45, 7) is 2.02. The van der Waals surface area contributed by atoms with Gasteiger partial charge in [-0.3, -0.25) is 15.1 Å². The number of aromatic nitrogens is 2. The van der Waals surface area contributed by atoms with Gasteiger partial charge in [0.2, 0.25) is 0 Å². The van der Waals surface area contributed by atoms with Crippen LogP contribution < -0.4 is 10.1 Å². The fourth-order valence-electron chi connectivity index (χ4n) is 4.05. The number of hydrogen-bond donors (Lipinski definition) is 1. The third-order valence-electron chi connectivity index (χ3n) is 5.85. The van der Waals surface area contributed by atoms with Crippen molar-refractivity contribution in [2.75, 3.05) is 11.9 Å². The summed E-state index contributed by atoms with van der Waals surface area (Å²) in [7, 11) is 0. The topological polar surface area (TPSA) is 114 Å². The van der Waals surface area contributed by atoms with Crippen LogP contribution in [0.2, 0.25) is 5.02 Å². The Morgan fingerprint density at radius 1 is 1.18 bits per heavy atom. The van der Waals surface area contributed by atoms with E-state index in [9.17, 15) is 15.4 Å². The van der Waals surface area contributed by atoms with Gasteiger partial charge < -0.3 is 10.1 Å². The first-order chi connectivity index (χ1) is 18.5. The molecule has 0 saturated carbocycles. The smallest absolute Gasteiger partial charge is 0.311 e. The van der Waals surface area contributed by atoms with Gasteiger partial charge in [0, 0.05) is 51.8 Å². The standard InChI is InChI=1S/C28H20ClN5O3S/c1-2-37-26-13-23-21(12-25(26)34(35)36)28(19(14-30)15-31-23)32-20-9-8-18(22(29)11-20)10-27-33-24(16-38-27)17-6-4-3-5-7-17/h3-9,11-13,15-16H,2,10H2,1H3,(H,31,32). The van der Waals surface area contributed by atoms with E-state index >= 15 is 0 Å². The molecule has 1 N–H and O–H groups in total. The fourth-order valence-corrected chi connectivity index (χ4v) is 5.12. The van der Waals surface area contributed by atoms with E-state index in [0.29, 0.717) is 33.7 Å². The molecule has 0 saturated heterocycles. The van der Waals surface area contributed by atoms with E-state index in [1.54, 1.807) is 24.3 Å². The highest BCUT2D eigenvalue weighted by molar-refractivity contribution is 7.10. The van der Waals surface area contributed by atoms with Crippen molar-refractivity contribution in [1.29, 1.82) is 5.26 Å². The number of nitrogens with zero attached hydrogens (tertiary/aromatic N) is 4. The molecule has 0 radical (unpaired) electrons. The SMILES string of the molecule is CCOc1cc2ncc(C#N)c(Nc3ccc(Cc4nc(-c5ccccc5)cs4)c(Cl)c3)c2cc1[N+](=O)[O-]. The molecule has 5 rings (SSSR count). The number of halogens is 1. The maximum absolute atomic E-state index is 11.7. The molecule has 0 aliphatic rings. The minimum atomic E-state index is -0.513. The summed E-state index contributed by atoms with van der Waals surface area (Å²) in [5.41, 5.74) is 4.42. The van der Waals surface area contributed by atoms with Crippen molar-refractivity contribution in [3.8, 4) is 23.1 Å². The predicted molar refractivity (Wildman–Crippen MR) is 149 cm³/mol. The summed E-state index contributed by atoms with van der Waals surface area (Å²) in [5, 5.41) is 28.5. The van der Waals surface area contributed by atoms with Crippen molar-refractivity contribution in [1.82, 2.24) is 9.97 Å². The Hall–Kier alpha value is -4.52. The van der Waals surface area contributed by atoms with E-state index in [-0.39, 0.29) is 23.6 Å². The largest absolute Gasteiger partial charge is 0.487 e. The normalized spacial score (nSPS) is 10.8. The zero-order valence-electron chi connectivity index (χ0n) is 20.1. The average Bonchev–Trinajstić information content (AvgIpc) is 3.39. The second-order valence-electron chi connectivity index (χ2n) is 8.29. The molecule has 0 aliphatic heterocycles. The number of benzene rings is 3. The van der Waals surface area contributed by atoms with E-state index in [4.69, 9.17) is 21.3 Å². The predicted octanol–water partition coefficient (Wildman–Crippen LogP) is 7.52. The van der Waals surface area contributed by atoms with Crippen LogP contribution in [0.15, 0.2) is 72.2 Å². The molecule has 0 bridgehead atoms. The first-order valence-electron chi connectivity index (χ1n) is 11.7. The minimum absolute atomic E-state index is 0.123. The van der Waals surface area contributed by atoms with Gasteiger partial charge in [-0.25, -0.2) is 4.98 Å². The number of ether oxygens (including phenoxy) is 1. The molecule has 8 nitrogen and oxygen atoms in total. The van der Waals surface area contributed by atoms with Crippen molar-refractivity contribution >= 4 is 50.9 Å². The molecule has 0 unspecified atom stereocenters. The van der Waals surface area contributed by atoms with Crippen molar-refractivity contribution in [3.05, 3.63) is 104 Å². The number of nitro groups is 1. The molecule has 2 heterocycles. The summed E-state index contributed by atoms with van der Waals surface area (Å²) < 4.78 is 5.44. The third-order valence-corrected chi connectivity index (χ3v) is 7.05. The van der Waals surface area contributed by atoms with Gasteiger partial charge >= 0.3 is 5.69 Å². The number of fused-ring (bicyclic) bond motifs is 1. The highest BCUT2D eigenvalue weighted by Gasteiger charge is 2.20. The third kappa shape index (κ3) is 5.13. The van der Waals surface area contributed by atoms with Gasteiger partial charge in [-0.15, -0.1) is 11.3 Å². The molecular formula is C28H20ClN5O3S. The second-order valence-corrected chi connectivity index (χ2v) is 9.64. The fraction of sp³-hybridized carbons (Fsp3) is 0.107. The quantitative estimate of drug-likeness (QED) is 0.159. The number of pyridine rings is 1. The van der Waals surface area contributed by atoms with Crippen LogP contribution in [0.1, 0.15) is 23.1 Å². The Balaban J connectivity index is 1.45. The molecule has 10 heteroatoms. The Morgan fingerprint density at radius 3 is 2.71 bits per heavy atom. The van der Waals surface area contributed by atoms with Crippen LogP contribution in [0.3, 0.4) is 0 Å². The number of rotatable bonds is 8. The molecule has 0 fully saturated rings. The Kier molecular flexibility index (Phi) is 7.18. The molecule has 2 aromatic heterocycles. The van der Waals surface area contributed by atoms with Crippen molar-refractivity contribution in [3.63, 3.8) is 0 Å². The Bertz CT molecular complexity index is 1700. The first-order valence-corrected chi connectivity index (χ1v) is 12.9.